The molecule has 0 spiro atoms. The number of nitrogens with two attached hydrogens (primary N) is 1. The van der Waals surface area contributed by atoms with E-state index in [1.807, 2.05) is 0 Å². The van der Waals surface area contributed by atoms with Crippen LogP contribution in [-0.4, -0.2) is 23.8 Å². The average Bonchev–Trinajstić information content (AvgIpc) is 2.49. The Balaban J connectivity index is 2.16. The third-order valence-electron chi connectivity index (χ3n) is 2.72. The van der Waals surface area contributed by atoms with Crippen LogP contribution in [0.25, 0.3) is 0 Å². The average molecular weight is 305 g/mol. The van der Waals surface area contributed by atoms with Crippen LogP contribution in [0.3, 0.4) is 0 Å². The maximum absolute atomic E-state index is 12.1. The first-order valence-corrected chi connectivity index (χ1v) is 6.43. The van der Waals surface area contributed by atoms with Crippen molar-refractivity contribution >= 4 is 34.8 Å². The largest absolute Gasteiger partial charge is 0.399 e. The fourth-order valence-corrected chi connectivity index (χ4v) is 1.85. The van der Waals surface area contributed by atoms with Gasteiger partial charge in [-0.2, -0.15) is 0 Å². The fourth-order valence-electron chi connectivity index (χ4n) is 1.65. The van der Waals surface area contributed by atoms with E-state index in [4.69, 9.17) is 17.3 Å². The molecule has 21 heavy (non-hydrogen) atoms. The lowest BCUT2D eigenvalue weighted by molar-refractivity contribution is 0.0957. The van der Waals surface area contributed by atoms with E-state index in [0.717, 1.165) is 0 Å². The highest BCUT2D eigenvalue weighted by molar-refractivity contribution is 6.34. The monoisotopic (exact) mass is 304 g/mol. The second-order valence-corrected chi connectivity index (χ2v) is 4.61. The third-order valence-corrected chi connectivity index (χ3v) is 3.05. The Morgan fingerprint density at radius 3 is 2.57 bits per heavy atom. The smallest absolute Gasteiger partial charge is 0.269 e. The summed E-state index contributed by atoms with van der Waals surface area (Å²) < 4.78 is 0. The summed E-state index contributed by atoms with van der Waals surface area (Å²) in [7, 11) is 1.52. The summed E-state index contributed by atoms with van der Waals surface area (Å²) >= 11 is 5.96. The third kappa shape index (κ3) is 3.49. The van der Waals surface area contributed by atoms with Gasteiger partial charge in [0, 0.05) is 12.7 Å². The molecule has 0 bridgehead atoms. The Morgan fingerprint density at radius 2 is 1.95 bits per heavy atom. The number of carbonyl (C=O) groups is 2. The van der Waals surface area contributed by atoms with Gasteiger partial charge in [-0.3, -0.25) is 9.59 Å². The second kappa shape index (κ2) is 6.23. The van der Waals surface area contributed by atoms with Gasteiger partial charge in [0.05, 0.1) is 22.5 Å². The first-order chi connectivity index (χ1) is 10.0. The first-order valence-electron chi connectivity index (χ1n) is 6.06. The number of nitrogen functional groups attached to an aromatic ring is 1. The zero-order chi connectivity index (χ0) is 15.4. The molecule has 0 atom stereocenters. The molecule has 2 amide bonds. The van der Waals surface area contributed by atoms with Crippen LogP contribution in [-0.2, 0) is 0 Å². The summed E-state index contributed by atoms with van der Waals surface area (Å²) in [6.07, 6.45) is 1.39. The fraction of sp³-hybridized carbons (Fsp3) is 0.0714. The van der Waals surface area contributed by atoms with E-state index in [-0.39, 0.29) is 17.2 Å². The van der Waals surface area contributed by atoms with E-state index in [9.17, 15) is 9.59 Å². The van der Waals surface area contributed by atoms with Gasteiger partial charge in [0.1, 0.15) is 5.69 Å². The van der Waals surface area contributed by atoms with E-state index in [2.05, 4.69) is 15.6 Å². The second-order valence-electron chi connectivity index (χ2n) is 4.20. The molecule has 1 aromatic heterocycles. The van der Waals surface area contributed by atoms with Crippen molar-refractivity contribution in [2.75, 3.05) is 18.1 Å². The highest BCUT2D eigenvalue weighted by atomic mass is 35.5. The van der Waals surface area contributed by atoms with E-state index < -0.39 is 5.91 Å². The van der Waals surface area contributed by atoms with Gasteiger partial charge in [0.25, 0.3) is 11.8 Å². The van der Waals surface area contributed by atoms with Gasteiger partial charge < -0.3 is 16.4 Å². The Kier molecular flexibility index (Phi) is 4.39. The van der Waals surface area contributed by atoms with Crippen molar-refractivity contribution in [1.29, 1.82) is 0 Å². The van der Waals surface area contributed by atoms with Gasteiger partial charge in [-0.1, -0.05) is 11.6 Å². The highest BCUT2D eigenvalue weighted by Gasteiger charge is 2.12. The molecular formula is C14H13ClN4O2. The van der Waals surface area contributed by atoms with Crippen LogP contribution >= 0.6 is 11.6 Å². The minimum atomic E-state index is -0.401. The Labute approximate surface area is 126 Å². The van der Waals surface area contributed by atoms with Gasteiger partial charge in [0.2, 0.25) is 0 Å². The lowest BCUT2D eigenvalue weighted by atomic mass is 10.2. The number of aromatic nitrogens is 1. The van der Waals surface area contributed by atoms with Crippen molar-refractivity contribution in [3.05, 3.63) is 52.8 Å². The highest BCUT2D eigenvalue weighted by Crippen LogP contribution is 2.20. The van der Waals surface area contributed by atoms with Gasteiger partial charge in [-0.15, -0.1) is 0 Å². The molecule has 0 aliphatic heterocycles. The van der Waals surface area contributed by atoms with Gasteiger partial charge in [-0.25, -0.2) is 4.98 Å². The number of carbonyl (C=O) groups excluding carboxylic acids is 2. The SMILES string of the molecule is CNC(=O)c1ccc(NC(=O)c2cc(N)ccc2Cl)cn1. The van der Waals surface area contributed by atoms with Crippen LogP contribution in [0.15, 0.2) is 36.5 Å². The Bertz CT molecular complexity index is 686. The van der Waals surface area contributed by atoms with Crippen LogP contribution in [0.4, 0.5) is 11.4 Å². The minimum absolute atomic E-state index is 0.262. The molecule has 0 radical (unpaired) electrons. The van der Waals surface area contributed by atoms with Crippen molar-refractivity contribution in [1.82, 2.24) is 10.3 Å². The normalized spacial score (nSPS) is 10.0. The number of benzene rings is 1. The van der Waals surface area contributed by atoms with E-state index in [1.165, 1.54) is 25.4 Å². The predicted octanol–water partition coefficient (Wildman–Crippen LogP) is 1.93. The summed E-state index contributed by atoms with van der Waals surface area (Å²) in [6, 6.07) is 7.74. The zero-order valence-electron chi connectivity index (χ0n) is 11.2. The number of halogens is 1. The van der Waals surface area contributed by atoms with Crippen molar-refractivity contribution in [3.8, 4) is 0 Å². The molecule has 0 saturated heterocycles. The molecule has 0 unspecified atom stereocenters. The summed E-state index contributed by atoms with van der Waals surface area (Å²) in [5.74, 6) is -0.700. The van der Waals surface area contributed by atoms with Crippen LogP contribution in [0.5, 0.6) is 0 Å². The van der Waals surface area contributed by atoms with E-state index in [1.54, 1.807) is 18.2 Å². The standard InChI is InChI=1S/C14H13ClN4O2/c1-17-14(21)12-5-3-9(7-18-12)19-13(20)10-6-8(16)2-4-11(10)15/h2-7H,16H2,1H3,(H,17,21)(H,19,20). The molecule has 0 fully saturated rings. The van der Waals surface area contributed by atoms with Crippen LogP contribution in [0, 0.1) is 0 Å². The van der Waals surface area contributed by atoms with Gasteiger partial charge >= 0.3 is 0 Å². The molecule has 4 N–H and O–H groups in total. The number of amides is 2. The molecule has 1 heterocycles. The number of hydrogen-bond donors (Lipinski definition) is 3. The number of hydrogen-bond acceptors (Lipinski definition) is 4. The number of nitrogens with zero attached hydrogens (tertiary/aromatic N) is 1. The topological polar surface area (TPSA) is 97.1 Å². The maximum Gasteiger partial charge on any atom is 0.269 e. The van der Waals surface area contributed by atoms with Gasteiger partial charge in [0.15, 0.2) is 0 Å². The molecule has 1 aromatic carbocycles. The van der Waals surface area contributed by atoms with Crippen LogP contribution in [0.1, 0.15) is 20.8 Å². The molecular weight excluding hydrogens is 292 g/mol. The van der Waals surface area contributed by atoms with Crippen LogP contribution in [0.2, 0.25) is 5.02 Å². The molecule has 0 aliphatic carbocycles. The minimum Gasteiger partial charge on any atom is -0.399 e. The lowest BCUT2D eigenvalue weighted by Crippen LogP contribution is -2.19. The summed E-state index contributed by atoms with van der Waals surface area (Å²) in [4.78, 5) is 27.4. The Morgan fingerprint density at radius 1 is 1.19 bits per heavy atom. The predicted molar refractivity (Wildman–Crippen MR) is 81.4 cm³/mol. The van der Waals surface area contributed by atoms with E-state index in [0.29, 0.717) is 16.4 Å². The molecule has 2 aromatic rings. The summed E-state index contributed by atoms with van der Waals surface area (Å²) in [5, 5.41) is 5.40. The van der Waals surface area contributed by atoms with Crippen molar-refractivity contribution in [2.24, 2.45) is 0 Å². The first kappa shape index (κ1) is 14.8. The zero-order valence-corrected chi connectivity index (χ0v) is 11.9. The number of pyridine rings is 1. The number of anilines is 2. The van der Waals surface area contributed by atoms with Crippen molar-refractivity contribution in [3.63, 3.8) is 0 Å². The molecule has 6 nitrogen and oxygen atoms in total. The van der Waals surface area contributed by atoms with Crippen molar-refractivity contribution in [2.45, 2.75) is 0 Å². The molecule has 108 valence electrons. The Hall–Kier alpha value is -2.60. The number of rotatable bonds is 3. The van der Waals surface area contributed by atoms with Gasteiger partial charge in [-0.05, 0) is 30.3 Å². The number of nitrogens with one attached hydrogen (secondary N) is 2. The molecule has 2 rings (SSSR count). The molecule has 0 aliphatic rings. The summed E-state index contributed by atoms with van der Waals surface area (Å²) in [6.45, 7) is 0. The van der Waals surface area contributed by atoms with Crippen LogP contribution < -0.4 is 16.4 Å². The van der Waals surface area contributed by atoms with Crippen molar-refractivity contribution < 1.29 is 9.59 Å². The summed E-state index contributed by atoms with van der Waals surface area (Å²) in [5.41, 5.74) is 7.06. The molecule has 7 heteroatoms. The molecule has 0 saturated carbocycles. The van der Waals surface area contributed by atoms with E-state index >= 15 is 0 Å². The maximum atomic E-state index is 12.1. The lowest BCUT2D eigenvalue weighted by Gasteiger charge is -2.07. The quantitative estimate of drug-likeness (QED) is 0.755.